The predicted molar refractivity (Wildman–Crippen MR) is 137 cm³/mol. The molecule has 3 unspecified atom stereocenters. The summed E-state index contributed by atoms with van der Waals surface area (Å²) in [6.07, 6.45) is -7.76. The number of carboxylic acid groups (broad SMARTS) is 1. The molecule has 0 saturated carbocycles. The van der Waals surface area contributed by atoms with E-state index in [-0.39, 0.29) is 36.2 Å². The fourth-order valence-electron chi connectivity index (χ4n) is 5.38. The lowest BCUT2D eigenvalue weighted by atomic mass is 9.86. The van der Waals surface area contributed by atoms with Crippen molar-refractivity contribution in [2.45, 2.75) is 69.6 Å². The van der Waals surface area contributed by atoms with Crippen molar-refractivity contribution in [2.24, 2.45) is 0 Å². The number of nitrogens with zero attached hydrogens (tertiary/aromatic N) is 4. The fourth-order valence-corrected chi connectivity index (χ4v) is 5.38. The third-order valence-electron chi connectivity index (χ3n) is 7.20. The van der Waals surface area contributed by atoms with Crippen molar-refractivity contribution in [1.82, 2.24) is 14.9 Å². The van der Waals surface area contributed by atoms with Gasteiger partial charge in [0.1, 0.15) is 0 Å². The largest absolute Gasteiger partial charge is 0.505 e. The van der Waals surface area contributed by atoms with Gasteiger partial charge in [-0.1, -0.05) is 37.3 Å². The van der Waals surface area contributed by atoms with E-state index in [1.807, 2.05) is 37.3 Å². The molecule has 1 amide bonds. The summed E-state index contributed by atoms with van der Waals surface area (Å²) in [6.45, 7) is 1.40. The summed E-state index contributed by atoms with van der Waals surface area (Å²) in [5, 5.41) is 19.8. The van der Waals surface area contributed by atoms with Crippen LogP contribution in [0.1, 0.15) is 48.4 Å². The summed E-state index contributed by atoms with van der Waals surface area (Å²) in [5.41, 5.74) is -2.28. The van der Waals surface area contributed by atoms with Crippen LogP contribution in [0, 0.1) is 0 Å². The second-order valence-corrected chi connectivity index (χ2v) is 10.0. The van der Waals surface area contributed by atoms with Gasteiger partial charge in [0.15, 0.2) is 5.75 Å². The van der Waals surface area contributed by atoms with Crippen LogP contribution in [0.25, 0.3) is 0 Å². The summed E-state index contributed by atoms with van der Waals surface area (Å²) in [6, 6.07) is 9.00. The molecule has 0 bridgehead atoms. The van der Waals surface area contributed by atoms with Crippen molar-refractivity contribution in [3.63, 3.8) is 0 Å². The van der Waals surface area contributed by atoms with Crippen LogP contribution in [-0.4, -0.2) is 49.3 Å². The maximum Gasteiger partial charge on any atom is 0.416 e. The molecule has 3 aromatic rings. The number of piperidine rings is 1. The topological polar surface area (TPSA) is 89.8 Å². The van der Waals surface area contributed by atoms with Gasteiger partial charge in [0.05, 0.1) is 23.5 Å². The lowest BCUT2D eigenvalue weighted by molar-refractivity contribution is -0.143. The van der Waals surface area contributed by atoms with Crippen molar-refractivity contribution < 1.29 is 41.4 Å². The van der Waals surface area contributed by atoms with E-state index in [2.05, 4.69) is 9.97 Å². The normalized spacial score (nSPS) is 19.7. The lowest BCUT2D eigenvalue weighted by Crippen LogP contribution is -2.57. The van der Waals surface area contributed by atoms with Crippen molar-refractivity contribution in [3.05, 3.63) is 83.2 Å². The van der Waals surface area contributed by atoms with Gasteiger partial charge in [-0.15, -0.1) is 0 Å². The Balaban J connectivity index is 1.77. The molecule has 1 aliphatic heterocycles. The Kier molecular flexibility index (Phi) is 8.64. The van der Waals surface area contributed by atoms with Crippen LogP contribution in [0.15, 0.2) is 60.9 Å². The van der Waals surface area contributed by atoms with Crippen LogP contribution in [0.5, 0.6) is 5.75 Å². The molecular formula is C28H28F6N4O3. The maximum atomic E-state index is 13.6. The molecule has 220 valence electrons. The first-order valence-corrected chi connectivity index (χ1v) is 12.9. The Morgan fingerprint density at radius 2 is 1.49 bits per heavy atom. The van der Waals surface area contributed by atoms with E-state index in [1.54, 1.807) is 0 Å². The number of likely N-dealkylation sites (tertiary alicyclic amines) is 1. The predicted octanol–water partition coefficient (Wildman–Crippen LogP) is 6.76. The van der Waals surface area contributed by atoms with Gasteiger partial charge >= 0.3 is 18.4 Å². The number of hydrogen-bond donors (Lipinski definition) is 2. The summed E-state index contributed by atoms with van der Waals surface area (Å²) in [4.78, 5) is 23.4. The molecule has 3 atom stereocenters. The van der Waals surface area contributed by atoms with Crippen LogP contribution < -0.4 is 4.90 Å². The van der Waals surface area contributed by atoms with Gasteiger partial charge < -0.3 is 20.0 Å². The van der Waals surface area contributed by atoms with Gasteiger partial charge in [0.2, 0.25) is 5.95 Å². The zero-order valence-electron chi connectivity index (χ0n) is 21.9. The average Bonchev–Trinajstić information content (AvgIpc) is 2.91. The molecule has 1 fully saturated rings. The molecule has 0 aliphatic carbocycles. The minimum absolute atomic E-state index is 0.0177. The van der Waals surface area contributed by atoms with Crippen molar-refractivity contribution >= 4 is 12.0 Å². The van der Waals surface area contributed by atoms with Gasteiger partial charge in [-0.2, -0.15) is 26.3 Å². The molecule has 1 aromatic heterocycles. The van der Waals surface area contributed by atoms with E-state index in [1.165, 1.54) is 9.80 Å². The number of halogens is 6. The van der Waals surface area contributed by atoms with E-state index in [0.717, 1.165) is 18.0 Å². The quantitative estimate of drug-likeness (QED) is 0.300. The molecule has 2 heterocycles. The number of benzene rings is 2. The minimum atomic E-state index is -5.02. The lowest BCUT2D eigenvalue weighted by Gasteiger charge is -2.47. The third kappa shape index (κ3) is 7.19. The van der Waals surface area contributed by atoms with E-state index in [0.29, 0.717) is 25.0 Å². The summed E-state index contributed by atoms with van der Waals surface area (Å²) in [7, 11) is 0. The summed E-state index contributed by atoms with van der Waals surface area (Å²) in [5.74, 6) is -0.294. The number of aromatic hydroxyl groups is 1. The first-order chi connectivity index (χ1) is 19.3. The number of rotatable bonds is 7. The molecule has 7 nitrogen and oxygen atoms in total. The Morgan fingerprint density at radius 3 is 2.00 bits per heavy atom. The zero-order chi connectivity index (χ0) is 29.9. The van der Waals surface area contributed by atoms with Gasteiger partial charge in [-0.3, -0.25) is 0 Å². The number of alkyl halides is 6. The second kappa shape index (κ2) is 11.8. The number of anilines is 1. The Hall–Kier alpha value is -4.03. The molecule has 4 rings (SSSR count). The summed E-state index contributed by atoms with van der Waals surface area (Å²) >= 11 is 0. The first kappa shape index (κ1) is 29.9. The molecule has 41 heavy (non-hydrogen) atoms. The highest BCUT2D eigenvalue weighted by atomic mass is 19.4. The number of carbonyl (C=O) groups is 1. The van der Waals surface area contributed by atoms with E-state index in [4.69, 9.17) is 0 Å². The molecule has 1 aliphatic rings. The van der Waals surface area contributed by atoms with Crippen molar-refractivity contribution in [1.29, 1.82) is 0 Å². The number of amides is 1. The number of hydrogen-bond acceptors (Lipinski definition) is 5. The molecule has 2 aromatic carbocycles. The van der Waals surface area contributed by atoms with Gasteiger partial charge in [0, 0.05) is 24.7 Å². The standard InChI is InChI=1S/C28H28F6N4O3/c1-2-21-12-22(13-23(38(21)26(40)41)10-17-6-4-3-5-7-17)37(25-35-14-24(39)15-36-25)16-18-8-19(27(29,30)31)11-20(9-18)28(32,33)34/h3-9,11,14-15,21-23,39H,2,10,12-13,16H2,1H3,(H,40,41). The SMILES string of the molecule is CCC1CC(N(Cc2cc(C(F)(F)F)cc(C(F)(F)F)c2)c2ncc(O)cn2)CC(Cc2ccccc2)N1C(=O)O. The monoisotopic (exact) mass is 582 g/mol. The van der Waals surface area contributed by atoms with Crippen LogP contribution in [0.2, 0.25) is 0 Å². The first-order valence-electron chi connectivity index (χ1n) is 12.9. The molecule has 0 spiro atoms. The molecule has 13 heteroatoms. The molecule has 1 saturated heterocycles. The maximum absolute atomic E-state index is 13.6. The fraction of sp³-hybridized carbons (Fsp3) is 0.393. The minimum Gasteiger partial charge on any atom is -0.505 e. The van der Waals surface area contributed by atoms with Crippen LogP contribution >= 0.6 is 0 Å². The van der Waals surface area contributed by atoms with Crippen molar-refractivity contribution in [3.8, 4) is 5.75 Å². The smallest absolute Gasteiger partial charge is 0.416 e. The molecule has 2 N–H and O–H groups in total. The van der Waals surface area contributed by atoms with Gasteiger partial charge in [-0.25, -0.2) is 14.8 Å². The number of aromatic nitrogens is 2. The highest BCUT2D eigenvalue weighted by Gasteiger charge is 2.41. The van der Waals surface area contributed by atoms with Crippen LogP contribution in [-0.2, 0) is 25.3 Å². The average molecular weight is 583 g/mol. The second-order valence-electron chi connectivity index (χ2n) is 10.0. The Bertz CT molecular complexity index is 1300. The molecular weight excluding hydrogens is 554 g/mol. The Labute approximate surface area is 232 Å². The van der Waals surface area contributed by atoms with Crippen molar-refractivity contribution in [2.75, 3.05) is 4.90 Å². The summed E-state index contributed by atoms with van der Waals surface area (Å²) < 4.78 is 81.4. The Morgan fingerprint density at radius 1 is 0.927 bits per heavy atom. The van der Waals surface area contributed by atoms with E-state index >= 15 is 0 Å². The van der Waals surface area contributed by atoms with E-state index in [9.17, 15) is 41.4 Å². The van der Waals surface area contributed by atoms with Crippen LogP contribution in [0.4, 0.5) is 37.1 Å². The molecule has 0 radical (unpaired) electrons. The zero-order valence-corrected chi connectivity index (χ0v) is 21.9. The van der Waals surface area contributed by atoms with Gasteiger partial charge in [0.25, 0.3) is 0 Å². The highest BCUT2D eigenvalue weighted by Crippen LogP contribution is 2.38. The van der Waals surface area contributed by atoms with Gasteiger partial charge in [-0.05, 0) is 55.0 Å². The van der Waals surface area contributed by atoms with E-state index < -0.39 is 54.2 Å². The van der Waals surface area contributed by atoms with Crippen LogP contribution in [0.3, 0.4) is 0 Å². The third-order valence-corrected chi connectivity index (χ3v) is 7.20. The highest BCUT2D eigenvalue weighted by molar-refractivity contribution is 5.66.